The van der Waals surface area contributed by atoms with Gasteiger partial charge in [0.2, 0.25) is 5.78 Å². The molecule has 8 atom stereocenters. The van der Waals surface area contributed by atoms with E-state index in [9.17, 15) is 24.0 Å². The fourth-order valence-corrected chi connectivity index (χ4v) is 8.58. The maximum atomic E-state index is 14.0. The number of hydrogen-bond donors (Lipinski definition) is 0. The molecule has 4 aliphatic carbocycles. The number of halogens is 1. The van der Waals surface area contributed by atoms with E-state index in [2.05, 4.69) is 6.92 Å². The van der Waals surface area contributed by atoms with Gasteiger partial charge in [-0.15, -0.1) is 11.6 Å². The molecule has 3 saturated carbocycles. The smallest absolute Gasteiger partial charge is 0.306 e. The predicted octanol–water partition coefficient (Wildman–Crippen LogP) is 4.37. The summed E-state index contributed by atoms with van der Waals surface area (Å²) in [7, 11) is 0. The summed E-state index contributed by atoms with van der Waals surface area (Å²) in [6, 6.07) is 0. The fraction of sp³-hybridized carbons (Fsp3) is 0.750. The molecule has 0 heterocycles. The summed E-state index contributed by atoms with van der Waals surface area (Å²) in [5, 5.41) is -0.383. The number of fused-ring (bicyclic) bond motifs is 5. The number of allylic oxidation sites excluding steroid dienone is 1. The van der Waals surface area contributed by atoms with Crippen LogP contribution in [0.5, 0.6) is 0 Å². The van der Waals surface area contributed by atoms with Crippen LogP contribution in [0.1, 0.15) is 79.6 Å². The third kappa shape index (κ3) is 3.79. The van der Waals surface area contributed by atoms with Crippen molar-refractivity contribution in [1.29, 1.82) is 0 Å². The number of rotatable bonds is 6. The van der Waals surface area contributed by atoms with Gasteiger partial charge >= 0.3 is 11.9 Å². The van der Waals surface area contributed by atoms with Crippen molar-refractivity contribution in [2.45, 2.75) is 90.5 Å². The zero-order valence-electron chi connectivity index (χ0n) is 21.9. The van der Waals surface area contributed by atoms with Gasteiger partial charge in [0, 0.05) is 48.3 Å². The van der Waals surface area contributed by atoms with Crippen LogP contribution in [0.3, 0.4) is 0 Å². The summed E-state index contributed by atoms with van der Waals surface area (Å²) >= 11 is 7.02. The number of ether oxygens (including phenoxy) is 2. The Hall–Kier alpha value is -2.02. The first kappa shape index (κ1) is 27.0. The van der Waals surface area contributed by atoms with E-state index in [-0.39, 0.29) is 59.9 Å². The first-order valence-corrected chi connectivity index (χ1v) is 13.6. The highest BCUT2D eigenvalue weighted by Gasteiger charge is 2.74. The Bertz CT molecular complexity index is 1030. The van der Waals surface area contributed by atoms with E-state index < -0.39 is 40.8 Å². The van der Waals surface area contributed by atoms with E-state index in [0.29, 0.717) is 25.7 Å². The molecule has 0 bridgehead atoms. The molecule has 0 aliphatic heterocycles. The van der Waals surface area contributed by atoms with Crippen LogP contribution in [-0.2, 0) is 33.4 Å². The van der Waals surface area contributed by atoms with Gasteiger partial charge in [0.05, 0.1) is 0 Å². The van der Waals surface area contributed by atoms with Crippen LogP contribution in [0.15, 0.2) is 11.6 Å². The Morgan fingerprint density at radius 1 is 1.11 bits per heavy atom. The van der Waals surface area contributed by atoms with Crippen molar-refractivity contribution in [3.8, 4) is 0 Å². The van der Waals surface area contributed by atoms with E-state index in [1.54, 1.807) is 19.9 Å². The van der Waals surface area contributed by atoms with Crippen LogP contribution >= 0.6 is 11.6 Å². The van der Waals surface area contributed by atoms with Gasteiger partial charge in [-0.25, -0.2) is 0 Å². The Morgan fingerprint density at radius 3 is 2.42 bits per heavy atom. The number of hydrogen-bond acceptors (Lipinski definition) is 7. The molecule has 0 aromatic heterocycles. The molecule has 8 heteroatoms. The van der Waals surface area contributed by atoms with Crippen LogP contribution in [0, 0.1) is 34.5 Å². The maximum absolute atomic E-state index is 14.0. The fourth-order valence-electron chi connectivity index (χ4n) is 8.09. The number of alkyl halides is 1. The van der Waals surface area contributed by atoms with Gasteiger partial charge in [0.1, 0.15) is 5.78 Å². The predicted molar refractivity (Wildman–Crippen MR) is 132 cm³/mol. The molecule has 0 aromatic carbocycles. The Morgan fingerprint density at radius 2 is 1.78 bits per heavy atom. The number of carbonyl (C=O) groups excluding carboxylic acids is 5. The largest absolute Gasteiger partial charge is 0.457 e. The molecular weight excluding hydrogens is 484 g/mol. The first-order chi connectivity index (χ1) is 16.9. The second-order valence-corrected chi connectivity index (χ2v) is 12.2. The molecular formula is C28H37ClO7. The molecule has 4 rings (SSSR count). The summed E-state index contributed by atoms with van der Waals surface area (Å²) in [4.78, 5) is 64.6. The van der Waals surface area contributed by atoms with Crippen molar-refractivity contribution in [2.24, 2.45) is 34.5 Å². The lowest BCUT2D eigenvalue weighted by atomic mass is 9.45. The second-order valence-electron chi connectivity index (χ2n) is 11.6. The first-order valence-electron chi connectivity index (χ1n) is 13.2. The van der Waals surface area contributed by atoms with E-state index in [1.165, 1.54) is 0 Å². The van der Waals surface area contributed by atoms with Crippen LogP contribution < -0.4 is 0 Å². The lowest BCUT2D eigenvalue weighted by molar-refractivity contribution is -0.198. The molecule has 0 N–H and O–H groups in total. The van der Waals surface area contributed by atoms with Crippen molar-refractivity contribution >= 4 is 40.9 Å². The number of Topliss-reactive ketones (excluding diaryl/α,β-unsaturated/α-hetero) is 2. The van der Waals surface area contributed by atoms with Gasteiger partial charge in [-0.2, -0.15) is 0 Å². The third-order valence-electron chi connectivity index (χ3n) is 9.82. The summed E-state index contributed by atoms with van der Waals surface area (Å²) in [5.74, 6) is -2.56. The molecule has 0 spiro atoms. The van der Waals surface area contributed by atoms with Gasteiger partial charge < -0.3 is 9.47 Å². The van der Waals surface area contributed by atoms with Crippen molar-refractivity contribution in [1.82, 2.24) is 0 Å². The van der Waals surface area contributed by atoms with Gasteiger partial charge in [-0.05, 0) is 42.6 Å². The minimum Gasteiger partial charge on any atom is -0.457 e. The molecule has 36 heavy (non-hydrogen) atoms. The highest BCUT2D eigenvalue weighted by atomic mass is 35.5. The average Bonchev–Trinajstić information content (AvgIpc) is 3.04. The monoisotopic (exact) mass is 520 g/mol. The van der Waals surface area contributed by atoms with E-state index >= 15 is 0 Å². The molecule has 0 amide bonds. The van der Waals surface area contributed by atoms with E-state index in [4.69, 9.17) is 21.1 Å². The van der Waals surface area contributed by atoms with Gasteiger partial charge in [-0.3, -0.25) is 24.0 Å². The Labute approximate surface area is 217 Å². The molecule has 3 fully saturated rings. The highest BCUT2D eigenvalue weighted by Crippen LogP contribution is 2.69. The summed E-state index contributed by atoms with van der Waals surface area (Å²) in [6.07, 6.45) is 4.04. The molecule has 7 nitrogen and oxygen atoms in total. The zero-order valence-corrected chi connectivity index (χ0v) is 22.6. The topological polar surface area (TPSA) is 104 Å². The van der Waals surface area contributed by atoms with Crippen LogP contribution in [0.25, 0.3) is 0 Å². The zero-order chi connectivity index (χ0) is 26.6. The normalized spacial score (nSPS) is 41.5. The molecule has 4 aliphatic rings. The van der Waals surface area contributed by atoms with E-state index in [1.807, 2.05) is 13.8 Å². The van der Waals surface area contributed by atoms with Crippen LogP contribution in [0.2, 0.25) is 0 Å². The Balaban J connectivity index is 1.79. The summed E-state index contributed by atoms with van der Waals surface area (Å²) < 4.78 is 11.2. The second kappa shape index (κ2) is 9.38. The van der Waals surface area contributed by atoms with E-state index in [0.717, 1.165) is 5.57 Å². The highest BCUT2D eigenvalue weighted by molar-refractivity contribution is 6.21. The van der Waals surface area contributed by atoms with Crippen LogP contribution in [0.4, 0.5) is 0 Å². The standard InChI is InChI=1S/C28H37ClO7/c1-6-22(33)35-14-21(32)28(36-23(34)7-2)15(3)10-18-24-19(29)12-16-11-17(30)8-9-26(16,4)25(24)20(31)13-27(18,28)5/h11,15,18-19,24-25H,6-10,12-14H2,1-5H3/t15-,18+,19-,24-,25+,26+,27+,28-/m1/s1. The van der Waals surface area contributed by atoms with Crippen molar-refractivity contribution in [3.05, 3.63) is 11.6 Å². The molecule has 198 valence electrons. The third-order valence-corrected chi connectivity index (χ3v) is 10.3. The van der Waals surface area contributed by atoms with Gasteiger partial charge in [-0.1, -0.05) is 40.2 Å². The minimum absolute atomic E-state index is 0.00350. The summed E-state index contributed by atoms with van der Waals surface area (Å²) in [5.41, 5.74) is -2.07. The van der Waals surface area contributed by atoms with Crippen molar-refractivity contribution in [3.63, 3.8) is 0 Å². The minimum atomic E-state index is -1.59. The molecule has 0 aromatic rings. The average molecular weight is 521 g/mol. The van der Waals surface area contributed by atoms with Crippen LogP contribution in [-0.4, -0.2) is 46.9 Å². The lowest BCUT2D eigenvalue weighted by Gasteiger charge is -2.59. The quantitative estimate of drug-likeness (QED) is 0.378. The van der Waals surface area contributed by atoms with Gasteiger partial charge in [0.15, 0.2) is 18.0 Å². The van der Waals surface area contributed by atoms with Crippen molar-refractivity contribution < 1.29 is 33.4 Å². The molecule has 0 unspecified atom stereocenters. The SMILES string of the molecule is CCC(=O)OCC(=O)[C@]1(OC(=O)CC)[C@H](C)C[C@H]2[C@@H]3[C@H](Cl)CC4=CC(=O)CC[C@]4(C)[C@H]3C(=O)C[C@@]21C. The van der Waals surface area contributed by atoms with Crippen molar-refractivity contribution in [2.75, 3.05) is 6.61 Å². The maximum Gasteiger partial charge on any atom is 0.306 e. The number of carbonyl (C=O) groups is 5. The Kier molecular flexibility index (Phi) is 7.04. The lowest BCUT2D eigenvalue weighted by Crippen LogP contribution is -2.65. The summed E-state index contributed by atoms with van der Waals surface area (Å²) in [6.45, 7) is 8.62. The molecule has 0 saturated heterocycles. The molecule has 0 radical (unpaired) electrons. The number of esters is 2. The van der Waals surface area contributed by atoms with Gasteiger partial charge in [0.25, 0.3) is 0 Å². The number of ketones is 3.